The van der Waals surface area contributed by atoms with Gasteiger partial charge in [-0.2, -0.15) is 0 Å². The van der Waals surface area contributed by atoms with Gasteiger partial charge in [-0.1, -0.05) is 12.1 Å². The van der Waals surface area contributed by atoms with Crippen molar-refractivity contribution in [1.82, 2.24) is 20.4 Å². The van der Waals surface area contributed by atoms with E-state index in [1.165, 1.54) is 44.3 Å². The Bertz CT molecular complexity index is 686. The Morgan fingerprint density at radius 3 is 2.61 bits per heavy atom. The van der Waals surface area contributed by atoms with E-state index in [-0.39, 0.29) is 0 Å². The van der Waals surface area contributed by atoms with E-state index in [9.17, 15) is 0 Å². The lowest BCUT2D eigenvalue weighted by atomic mass is 9.97. The predicted molar refractivity (Wildman–Crippen MR) is 130 cm³/mol. The van der Waals surface area contributed by atoms with Gasteiger partial charge < -0.3 is 20.3 Å². The topological polar surface area (TPSA) is 52.1 Å². The summed E-state index contributed by atoms with van der Waals surface area (Å²) in [6, 6.07) is 9.41. The van der Waals surface area contributed by atoms with Crippen molar-refractivity contribution >= 4 is 5.96 Å². The van der Waals surface area contributed by atoms with Gasteiger partial charge in [0, 0.05) is 25.7 Å². The number of aliphatic imine (C=N–C) groups is 1. The molecule has 1 aromatic carbocycles. The number of nitrogens with one attached hydrogen (secondary N) is 2. The second-order valence-corrected chi connectivity index (χ2v) is 9.23. The van der Waals surface area contributed by atoms with Crippen molar-refractivity contribution in [3.8, 4) is 5.75 Å². The van der Waals surface area contributed by atoms with Crippen LogP contribution in [0, 0.1) is 5.92 Å². The van der Waals surface area contributed by atoms with Crippen LogP contribution in [0.4, 0.5) is 0 Å². The lowest BCUT2D eigenvalue weighted by Gasteiger charge is -2.35. The van der Waals surface area contributed by atoms with E-state index in [1.54, 1.807) is 7.11 Å². The molecule has 0 radical (unpaired) electrons. The minimum atomic E-state index is 0.291. The van der Waals surface area contributed by atoms with Gasteiger partial charge in [0.1, 0.15) is 5.75 Å². The highest BCUT2D eigenvalue weighted by molar-refractivity contribution is 5.79. The Hall–Kier alpha value is -1.79. The van der Waals surface area contributed by atoms with Crippen LogP contribution in [0.3, 0.4) is 0 Å². The zero-order chi connectivity index (χ0) is 22.1. The van der Waals surface area contributed by atoms with E-state index in [0.717, 1.165) is 44.4 Å². The molecule has 6 heteroatoms. The lowest BCUT2D eigenvalue weighted by molar-refractivity contribution is 0.141. The van der Waals surface area contributed by atoms with E-state index in [1.807, 2.05) is 6.07 Å². The molecule has 2 heterocycles. The SMILES string of the molecule is CCNC(=NCC(c1cccc(OC)c1)N1CCCC1)NCC1CCCN(C(C)C)C1. The Kier molecular flexibility index (Phi) is 9.47. The number of hydrogen-bond donors (Lipinski definition) is 2. The number of benzene rings is 1. The molecule has 0 spiro atoms. The molecule has 0 aromatic heterocycles. The Morgan fingerprint density at radius 2 is 1.90 bits per heavy atom. The first kappa shape index (κ1) is 23.9. The maximum absolute atomic E-state index is 5.48. The number of ether oxygens (including phenoxy) is 1. The van der Waals surface area contributed by atoms with Gasteiger partial charge in [-0.15, -0.1) is 0 Å². The van der Waals surface area contributed by atoms with E-state index >= 15 is 0 Å². The second kappa shape index (κ2) is 12.3. The molecule has 3 rings (SSSR count). The molecule has 2 fully saturated rings. The van der Waals surface area contributed by atoms with Gasteiger partial charge in [0.25, 0.3) is 0 Å². The molecule has 0 bridgehead atoms. The fraction of sp³-hybridized carbons (Fsp3) is 0.720. The summed E-state index contributed by atoms with van der Waals surface area (Å²) in [5, 5.41) is 7.10. The van der Waals surface area contributed by atoms with Gasteiger partial charge in [-0.3, -0.25) is 9.89 Å². The molecule has 0 aliphatic carbocycles. The minimum absolute atomic E-state index is 0.291. The first-order valence-corrected chi connectivity index (χ1v) is 12.2. The van der Waals surface area contributed by atoms with Crippen molar-refractivity contribution in [3.63, 3.8) is 0 Å². The third-order valence-corrected chi connectivity index (χ3v) is 6.67. The smallest absolute Gasteiger partial charge is 0.191 e. The third-order valence-electron chi connectivity index (χ3n) is 6.67. The van der Waals surface area contributed by atoms with Crippen molar-refractivity contribution in [2.24, 2.45) is 10.9 Å². The average Bonchev–Trinajstić information content (AvgIpc) is 3.32. The van der Waals surface area contributed by atoms with Crippen LogP contribution < -0.4 is 15.4 Å². The third kappa shape index (κ3) is 7.11. The van der Waals surface area contributed by atoms with Crippen molar-refractivity contribution in [2.75, 3.05) is 52.9 Å². The fourth-order valence-corrected chi connectivity index (χ4v) is 4.83. The molecule has 0 amide bonds. The molecule has 174 valence electrons. The number of nitrogens with zero attached hydrogens (tertiary/aromatic N) is 3. The average molecular weight is 430 g/mol. The summed E-state index contributed by atoms with van der Waals surface area (Å²) in [6.45, 7) is 14.1. The molecule has 0 saturated carbocycles. The van der Waals surface area contributed by atoms with Crippen molar-refractivity contribution < 1.29 is 4.74 Å². The number of guanidine groups is 1. The molecule has 2 unspecified atom stereocenters. The van der Waals surface area contributed by atoms with E-state index in [2.05, 4.69) is 59.4 Å². The second-order valence-electron chi connectivity index (χ2n) is 9.23. The molecule has 2 aliphatic heterocycles. The first-order chi connectivity index (χ1) is 15.1. The summed E-state index contributed by atoms with van der Waals surface area (Å²) in [6.07, 6.45) is 5.15. The summed E-state index contributed by atoms with van der Waals surface area (Å²) < 4.78 is 5.48. The van der Waals surface area contributed by atoms with Crippen LogP contribution >= 0.6 is 0 Å². The number of rotatable bonds is 9. The van der Waals surface area contributed by atoms with E-state index < -0.39 is 0 Å². The van der Waals surface area contributed by atoms with Crippen LogP contribution in [0.5, 0.6) is 5.75 Å². The molecule has 31 heavy (non-hydrogen) atoms. The Balaban J connectivity index is 1.65. The molecular formula is C25H43N5O. The van der Waals surface area contributed by atoms with Crippen LogP contribution in [0.1, 0.15) is 58.1 Å². The fourth-order valence-electron chi connectivity index (χ4n) is 4.83. The maximum Gasteiger partial charge on any atom is 0.191 e. The molecule has 1 aromatic rings. The summed E-state index contributed by atoms with van der Waals surface area (Å²) in [4.78, 5) is 10.2. The molecule has 6 nitrogen and oxygen atoms in total. The van der Waals surface area contributed by atoms with Gasteiger partial charge in [-0.05, 0) is 89.7 Å². The number of methoxy groups -OCH3 is 1. The maximum atomic E-state index is 5.48. The highest BCUT2D eigenvalue weighted by Gasteiger charge is 2.24. The standard InChI is InChI=1S/C25H43N5O/c1-5-26-25(27-17-21-10-9-15-30(19-21)20(2)3)28-18-24(29-13-6-7-14-29)22-11-8-12-23(16-22)31-4/h8,11-12,16,20-21,24H,5-7,9-10,13-15,17-19H2,1-4H3,(H2,26,27,28). The minimum Gasteiger partial charge on any atom is -0.497 e. The summed E-state index contributed by atoms with van der Waals surface area (Å²) in [5.74, 6) is 2.55. The molecule has 2 aliphatic rings. The highest BCUT2D eigenvalue weighted by atomic mass is 16.5. The van der Waals surface area contributed by atoms with E-state index in [4.69, 9.17) is 9.73 Å². The Labute approximate surface area is 189 Å². The van der Waals surface area contributed by atoms with Gasteiger partial charge in [0.2, 0.25) is 0 Å². The zero-order valence-electron chi connectivity index (χ0n) is 20.1. The zero-order valence-corrected chi connectivity index (χ0v) is 20.1. The van der Waals surface area contributed by atoms with Crippen LogP contribution in [0.15, 0.2) is 29.3 Å². The monoisotopic (exact) mass is 429 g/mol. The normalized spacial score (nSPS) is 22.0. The molecular weight excluding hydrogens is 386 g/mol. The van der Waals surface area contributed by atoms with Gasteiger partial charge in [-0.25, -0.2) is 0 Å². The number of piperidine rings is 1. The van der Waals surface area contributed by atoms with Crippen LogP contribution in [0.2, 0.25) is 0 Å². The van der Waals surface area contributed by atoms with Gasteiger partial charge in [0.15, 0.2) is 5.96 Å². The molecule has 2 saturated heterocycles. The largest absolute Gasteiger partial charge is 0.497 e. The van der Waals surface area contributed by atoms with Crippen LogP contribution in [-0.4, -0.2) is 74.7 Å². The predicted octanol–water partition coefficient (Wildman–Crippen LogP) is 3.51. The van der Waals surface area contributed by atoms with Crippen molar-refractivity contribution in [3.05, 3.63) is 29.8 Å². The van der Waals surface area contributed by atoms with Crippen LogP contribution in [0.25, 0.3) is 0 Å². The number of hydrogen-bond acceptors (Lipinski definition) is 4. The first-order valence-electron chi connectivity index (χ1n) is 12.2. The summed E-state index contributed by atoms with van der Waals surface area (Å²) >= 11 is 0. The molecule has 2 atom stereocenters. The van der Waals surface area contributed by atoms with Gasteiger partial charge >= 0.3 is 0 Å². The number of likely N-dealkylation sites (tertiary alicyclic amines) is 2. The summed E-state index contributed by atoms with van der Waals surface area (Å²) in [7, 11) is 1.74. The highest BCUT2D eigenvalue weighted by Crippen LogP contribution is 2.28. The van der Waals surface area contributed by atoms with Crippen molar-refractivity contribution in [1.29, 1.82) is 0 Å². The quantitative estimate of drug-likeness (QED) is 0.465. The lowest BCUT2D eigenvalue weighted by Crippen LogP contribution is -2.46. The summed E-state index contributed by atoms with van der Waals surface area (Å²) in [5.41, 5.74) is 1.29. The Morgan fingerprint density at radius 1 is 1.13 bits per heavy atom. The van der Waals surface area contributed by atoms with Gasteiger partial charge in [0.05, 0.1) is 19.7 Å². The van der Waals surface area contributed by atoms with Crippen LogP contribution in [-0.2, 0) is 0 Å². The molecule has 2 N–H and O–H groups in total. The van der Waals surface area contributed by atoms with E-state index in [0.29, 0.717) is 18.0 Å². The van der Waals surface area contributed by atoms with Crippen molar-refractivity contribution in [2.45, 2.75) is 58.5 Å².